The Hall–Kier alpha value is -0.760. The van der Waals surface area contributed by atoms with E-state index in [1.165, 1.54) is 10.4 Å². The van der Waals surface area contributed by atoms with Crippen LogP contribution in [0.2, 0.25) is 0 Å². The third kappa shape index (κ3) is 3.42. The number of aliphatic hydroxyl groups is 3. The molecule has 0 saturated heterocycles. The summed E-state index contributed by atoms with van der Waals surface area (Å²) < 4.78 is 0. The van der Waals surface area contributed by atoms with Crippen LogP contribution in [-0.2, 0) is 6.54 Å². The van der Waals surface area contributed by atoms with Crippen molar-refractivity contribution in [2.24, 2.45) is 0 Å². The van der Waals surface area contributed by atoms with E-state index in [2.05, 4.69) is 22.8 Å². The first-order chi connectivity index (χ1) is 9.23. The van der Waals surface area contributed by atoms with Crippen LogP contribution in [0.4, 0.5) is 0 Å². The first-order valence-corrected chi connectivity index (χ1v) is 7.68. The largest absolute Gasteiger partial charge is 0.394 e. The molecular weight excluding hydrogens is 282 g/mol. The van der Waals surface area contributed by atoms with Crippen LogP contribution in [0, 0.1) is 0 Å². The Balaban J connectivity index is 2.01. The minimum absolute atomic E-state index is 0.302. The van der Waals surface area contributed by atoms with E-state index < -0.39 is 5.54 Å². The average Bonchev–Trinajstić information content (AvgIpc) is 3.12. The quantitative estimate of drug-likeness (QED) is 0.621. The van der Waals surface area contributed by atoms with Gasteiger partial charge >= 0.3 is 0 Å². The number of rotatable bonds is 7. The van der Waals surface area contributed by atoms with Gasteiger partial charge in [0.2, 0.25) is 0 Å². The number of nitrogens with one attached hydrogen (secondary N) is 1. The van der Waals surface area contributed by atoms with Crippen LogP contribution in [0.1, 0.15) is 4.88 Å². The molecule has 0 atom stereocenters. The lowest BCUT2D eigenvalue weighted by molar-refractivity contribution is 0.0415. The van der Waals surface area contributed by atoms with E-state index >= 15 is 0 Å². The van der Waals surface area contributed by atoms with Gasteiger partial charge in [0.1, 0.15) is 0 Å². The molecule has 0 aliphatic rings. The summed E-state index contributed by atoms with van der Waals surface area (Å²) in [6.45, 7) is -0.396. The van der Waals surface area contributed by atoms with Gasteiger partial charge < -0.3 is 20.6 Å². The molecule has 0 bridgehead atoms. The van der Waals surface area contributed by atoms with Gasteiger partial charge in [0.25, 0.3) is 0 Å². The first-order valence-electron chi connectivity index (χ1n) is 5.92. The van der Waals surface area contributed by atoms with Crippen LogP contribution in [-0.4, -0.2) is 40.7 Å². The fraction of sp³-hybridized carbons (Fsp3) is 0.385. The standard InChI is InChI=1S/C13H17NO3S2/c15-7-13(8-16,9-17)14-5-11-4-10(6-19-11)12-2-1-3-18-12/h1-4,6,14-17H,5,7-9H2. The molecule has 2 heterocycles. The van der Waals surface area contributed by atoms with E-state index in [4.69, 9.17) is 0 Å². The van der Waals surface area contributed by atoms with Gasteiger partial charge in [0.15, 0.2) is 0 Å². The summed E-state index contributed by atoms with van der Waals surface area (Å²) >= 11 is 3.31. The van der Waals surface area contributed by atoms with Crippen molar-refractivity contribution in [1.82, 2.24) is 5.32 Å². The Labute approximate surface area is 120 Å². The maximum Gasteiger partial charge on any atom is 0.0884 e. The molecule has 104 valence electrons. The molecule has 0 amide bonds. The van der Waals surface area contributed by atoms with Gasteiger partial charge in [-0.1, -0.05) is 6.07 Å². The topological polar surface area (TPSA) is 72.7 Å². The molecule has 4 nitrogen and oxygen atoms in total. The molecule has 0 fully saturated rings. The van der Waals surface area contributed by atoms with E-state index in [-0.39, 0.29) is 19.8 Å². The summed E-state index contributed by atoms with van der Waals surface area (Å²) in [6, 6.07) is 6.17. The molecule has 0 radical (unpaired) electrons. The lowest BCUT2D eigenvalue weighted by Gasteiger charge is -2.28. The summed E-state index contributed by atoms with van der Waals surface area (Å²) in [6.07, 6.45) is 0. The van der Waals surface area contributed by atoms with Gasteiger partial charge in [-0.3, -0.25) is 0 Å². The number of hydrogen-bond donors (Lipinski definition) is 4. The van der Waals surface area contributed by atoms with E-state index in [1.54, 1.807) is 22.7 Å². The van der Waals surface area contributed by atoms with Gasteiger partial charge in [-0.15, -0.1) is 22.7 Å². The van der Waals surface area contributed by atoms with Crippen LogP contribution >= 0.6 is 22.7 Å². The van der Waals surface area contributed by atoms with E-state index in [1.807, 2.05) is 11.4 Å². The number of thiophene rings is 2. The lowest BCUT2D eigenvalue weighted by Crippen LogP contribution is -2.54. The summed E-state index contributed by atoms with van der Waals surface area (Å²) in [5.74, 6) is 0. The zero-order chi connectivity index (χ0) is 13.7. The highest BCUT2D eigenvalue weighted by Gasteiger charge is 2.27. The number of aliphatic hydroxyl groups excluding tert-OH is 3. The summed E-state index contributed by atoms with van der Waals surface area (Å²) in [5.41, 5.74) is 0.159. The minimum atomic E-state index is -1.02. The van der Waals surface area contributed by atoms with E-state index in [0.29, 0.717) is 6.54 Å². The predicted octanol–water partition coefficient (Wildman–Crippen LogP) is 1.28. The smallest absolute Gasteiger partial charge is 0.0884 e. The molecule has 0 aliphatic heterocycles. The van der Waals surface area contributed by atoms with Crippen molar-refractivity contribution in [3.05, 3.63) is 33.8 Å². The monoisotopic (exact) mass is 299 g/mol. The van der Waals surface area contributed by atoms with Crippen molar-refractivity contribution in [3.63, 3.8) is 0 Å². The predicted molar refractivity (Wildman–Crippen MR) is 78.5 cm³/mol. The van der Waals surface area contributed by atoms with Crippen molar-refractivity contribution < 1.29 is 15.3 Å². The van der Waals surface area contributed by atoms with Gasteiger partial charge in [0.05, 0.1) is 25.4 Å². The third-order valence-electron chi connectivity index (χ3n) is 3.01. The molecule has 2 aromatic rings. The molecule has 2 rings (SSSR count). The fourth-order valence-corrected chi connectivity index (χ4v) is 3.25. The van der Waals surface area contributed by atoms with Crippen LogP contribution < -0.4 is 5.32 Å². The van der Waals surface area contributed by atoms with Crippen LogP contribution in [0.25, 0.3) is 10.4 Å². The molecule has 19 heavy (non-hydrogen) atoms. The molecule has 0 aliphatic carbocycles. The first kappa shape index (κ1) is 14.6. The van der Waals surface area contributed by atoms with Gasteiger partial charge in [-0.05, 0) is 22.9 Å². The van der Waals surface area contributed by atoms with E-state index in [0.717, 1.165) is 4.88 Å². The van der Waals surface area contributed by atoms with Crippen LogP contribution in [0.3, 0.4) is 0 Å². The van der Waals surface area contributed by atoms with E-state index in [9.17, 15) is 15.3 Å². The van der Waals surface area contributed by atoms with Crippen molar-refractivity contribution in [3.8, 4) is 10.4 Å². The normalized spacial score (nSPS) is 11.9. The SMILES string of the molecule is OCC(CO)(CO)NCc1cc(-c2cccs2)cs1. The van der Waals surface area contributed by atoms with Crippen LogP contribution in [0.5, 0.6) is 0 Å². The molecule has 4 N–H and O–H groups in total. The summed E-state index contributed by atoms with van der Waals surface area (Å²) in [5, 5.41) is 34.8. The summed E-state index contributed by atoms with van der Waals surface area (Å²) in [7, 11) is 0. The van der Waals surface area contributed by atoms with Crippen molar-refractivity contribution in [2.75, 3.05) is 19.8 Å². The second-order valence-electron chi connectivity index (χ2n) is 4.39. The summed E-state index contributed by atoms with van der Waals surface area (Å²) in [4.78, 5) is 2.32. The van der Waals surface area contributed by atoms with Crippen molar-refractivity contribution in [1.29, 1.82) is 0 Å². The zero-order valence-corrected chi connectivity index (χ0v) is 12.0. The molecule has 0 aromatic carbocycles. The lowest BCUT2D eigenvalue weighted by atomic mass is 10.0. The van der Waals surface area contributed by atoms with Gasteiger partial charge in [-0.25, -0.2) is 0 Å². The Morgan fingerprint density at radius 3 is 2.42 bits per heavy atom. The second-order valence-corrected chi connectivity index (χ2v) is 6.33. The number of hydrogen-bond acceptors (Lipinski definition) is 6. The van der Waals surface area contributed by atoms with Gasteiger partial charge in [0, 0.05) is 21.9 Å². The third-order valence-corrected chi connectivity index (χ3v) is 4.86. The van der Waals surface area contributed by atoms with Crippen molar-refractivity contribution >= 4 is 22.7 Å². The average molecular weight is 299 g/mol. The molecule has 0 unspecified atom stereocenters. The van der Waals surface area contributed by atoms with Crippen molar-refractivity contribution in [2.45, 2.75) is 12.1 Å². The highest BCUT2D eigenvalue weighted by molar-refractivity contribution is 7.14. The molecule has 0 saturated carbocycles. The maximum absolute atomic E-state index is 9.23. The fourth-order valence-electron chi connectivity index (χ4n) is 1.64. The molecule has 0 spiro atoms. The zero-order valence-electron chi connectivity index (χ0n) is 10.4. The second kappa shape index (κ2) is 6.60. The Kier molecular flexibility index (Phi) is 5.09. The Bertz CT molecular complexity index is 483. The highest BCUT2D eigenvalue weighted by atomic mass is 32.1. The molecule has 6 heteroatoms. The molecular formula is C13H17NO3S2. The molecule has 2 aromatic heterocycles. The van der Waals surface area contributed by atoms with Gasteiger partial charge in [-0.2, -0.15) is 0 Å². The Morgan fingerprint density at radius 2 is 1.84 bits per heavy atom. The highest BCUT2D eigenvalue weighted by Crippen LogP contribution is 2.29. The minimum Gasteiger partial charge on any atom is -0.394 e. The maximum atomic E-state index is 9.23. The van der Waals surface area contributed by atoms with Crippen LogP contribution in [0.15, 0.2) is 29.0 Å². The Morgan fingerprint density at radius 1 is 1.11 bits per heavy atom.